The van der Waals surface area contributed by atoms with Crippen molar-refractivity contribution in [3.05, 3.63) is 58.0 Å². The Morgan fingerprint density at radius 3 is 2.50 bits per heavy atom. The highest BCUT2D eigenvalue weighted by Crippen LogP contribution is 2.16. The molecular weight excluding hydrogens is 273 g/mol. The number of hydrogen-bond acceptors (Lipinski definition) is 2. The van der Waals surface area contributed by atoms with Crippen LogP contribution in [0.3, 0.4) is 0 Å². The zero-order valence-corrected chi connectivity index (χ0v) is 11.0. The third kappa shape index (κ3) is 3.28. The van der Waals surface area contributed by atoms with Gasteiger partial charge in [-0.2, -0.15) is 0 Å². The zero-order chi connectivity index (χ0) is 13.0. The fraction of sp³-hybridized carbons (Fsp3) is 0.154. The third-order valence-corrected chi connectivity index (χ3v) is 3.02. The predicted molar refractivity (Wildman–Crippen MR) is 71.2 cm³/mol. The van der Waals surface area contributed by atoms with Gasteiger partial charge in [-0.15, -0.1) is 0 Å². The van der Waals surface area contributed by atoms with E-state index in [0.29, 0.717) is 17.1 Å². The third-order valence-electron chi connectivity index (χ3n) is 2.48. The summed E-state index contributed by atoms with van der Waals surface area (Å²) in [6, 6.07) is 9.05. The Kier molecular flexibility index (Phi) is 4.28. The first-order valence-electron chi connectivity index (χ1n) is 5.42. The monoisotopic (exact) mass is 283 g/mol. The van der Waals surface area contributed by atoms with Gasteiger partial charge in [0.2, 0.25) is 5.22 Å². The number of carbonyl (C=O) groups is 1. The summed E-state index contributed by atoms with van der Waals surface area (Å²) in [5, 5.41) is 3.58. The fourth-order valence-electron chi connectivity index (χ4n) is 1.52. The first-order chi connectivity index (χ1) is 8.66. The van der Waals surface area contributed by atoms with E-state index in [2.05, 4.69) is 5.32 Å². The van der Waals surface area contributed by atoms with Crippen molar-refractivity contribution in [3.63, 3.8) is 0 Å². The lowest BCUT2D eigenvalue weighted by molar-refractivity contribution is 0.0953. The summed E-state index contributed by atoms with van der Waals surface area (Å²) in [5.74, 6) is -0.234. The van der Waals surface area contributed by atoms with Crippen molar-refractivity contribution < 1.29 is 9.21 Å². The predicted octanol–water partition coefficient (Wildman–Crippen LogP) is 3.56. The van der Waals surface area contributed by atoms with Crippen LogP contribution in [-0.4, -0.2) is 12.5 Å². The molecule has 0 saturated carbocycles. The first-order valence-corrected chi connectivity index (χ1v) is 6.18. The van der Waals surface area contributed by atoms with Crippen LogP contribution >= 0.6 is 23.2 Å². The molecule has 5 heteroatoms. The van der Waals surface area contributed by atoms with Crippen molar-refractivity contribution in [1.29, 1.82) is 0 Å². The van der Waals surface area contributed by atoms with E-state index >= 15 is 0 Å². The van der Waals surface area contributed by atoms with Gasteiger partial charge < -0.3 is 9.73 Å². The van der Waals surface area contributed by atoms with Crippen molar-refractivity contribution in [1.82, 2.24) is 5.32 Å². The highest BCUT2D eigenvalue weighted by molar-refractivity contribution is 6.32. The van der Waals surface area contributed by atoms with Crippen LogP contribution in [0, 0.1) is 0 Å². The maximum Gasteiger partial charge on any atom is 0.256 e. The van der Waals surface area contributed by atoms with Crippen molar-refractivity contribution in [3.8, 4) is 0 Å². The first kappa shape index (κ1) is 13.0. The summed E-state index contributed by atoms with van der Waals surface area (Å²) in [4.78, 5) is 11.7. The Hall–Kier alpha value is -1.45. The van der Waals surface area contributed by atoms with Gasteiger partial charge in [-0.05, 0) is 41.8 Å². The number of hydrogen-bond donors (Lipinski definition) is 1. The Bertz CT molecular complexity index is 534. The number of halogens is 2. The van der Waals surface area contributed by atoms with Crippen LogP contribution in [0.1, 0.15) is 15.9 Å². The van der Waals surface area contributed by atoms with Crippen molar-refractivity contribution in [2.45, 2.75) is 6.42 Å². The van der Waals surface area contributed by atoms with Gasteiger partial charge in [0.05, 0.1) is 11.8 Å². The van der Waals surface area contributed by atoms with E-state index in [0.717, 1.165) is 12.0 Å². The highest BCUT2D eigenvalue weighted by atomic mass is 35.5. The van der Waals surface area contributed by atoms with E-state index in [4.69, 9.17) is 27.6 Å². The minimum Gasteiger partial charge on any atom is -0.452 e. The van der Waals surface area contributed by atoms with E-state index < -0.39 is 0 Å². The maximum absolute atomic E-state index is 11.7. The van der Waals surface area contributed by atoms with Crippen molar-refractivity contribution in [2.75, 3.05) is 6.54 Å². The number of rotatable bonds is 4. The molecule has 0 bridgehead atoms. The smallest absolute Gasteiger partial charge is 0.256 e. The average molecular weight is 284 g/mol. The summed E-state index contributed by atoms with van der Waals surface area (Å²) in [5.41, 5.74) is 1.46. The molecule has 0 unspecified atom stereocenters. The van der Waals surface area contributed by atoms with E-state index in [9.17, 15) is 4.79 Å². The largest absolute Gasteiger partial charge is 0.452 e. The molecule has 2 aromatic rings. The van der Waals surface area contributed by atoms with Crippen LogP contribution in [0.25, 0.3) is 0 Å². The Balaban J connectivity index is 1.84. The number of nitrogens with one attached hydrogen (secondary N) is 1. The summed E-state index contributed by atoms with van der Waals surface area (Å²) in [6.45, 7) is 0.530. The number of benzene rings is 1. The van der Waals surface area contributed by atoms with Gasteiger partial charge in [-0.25, -0.2) is 0 Å². The van der Waals surface area contributed by atoms with Gasteiger partial charge in [0.1, 0.15) is 0 Å². The zero-order valence-electron chi connectivity index (χ0n) is 9.45. The van der Waals surface area contributed by atoms with Gasteiger partial charge >= 0.3 is 0 Å². The highest BCUT2D eigenvalue weighted by Gasteiger charge is 2.11. The molecule has 18 heavy (non-hydrogen) atoms. The Morgan fingerprint density at radius 2 is 1.89 bits per heavy atom. The van der Waals surface area contributed by atoms with E-state index in [1.54, 1.807) is 6.07 Å². The van der Waals surface area contributed by atoms with Crippen molar-refractivity contribution in [2.24, 2.45) is 0 Å². The van der Waals surface area contributed by atoms with Crippen LogP contribution in [0.4, 0.5) is 0 Å². The Morgan fingerprint density at radius 1 is 1.17 bits per heavy atom. The SMILES string of the molecule is O=C(NCCc1ccc(Cl)cc1)c1ccoc1Cl. The second-order valence-corrected chi connectivity index (χ2v) is 4.52. The number of furan rings is 1. The molecule has 1 aromatic carbocycles. The van der Waals surface area contributed by atoms with Gasteiger partial charge in [-0.3, -0.25) is 4.79 Å². The topological polar surface area (TPSA) is 42.2 Å². The van der Waals surface area contributed by atoms with Gasteiger partial charge in [0, 0.05) is 11.6 Å². The normalized spacial score (nSPS) is 10.3. The number of amides is 1. The standard InChI is InChI=1S/C13H11Cl2NO2/c14-10-3-1-9(2-4-10)5-7-16-13(17)11-6-8-18-12(11)15/h1-4,6,8H,5,7H2,(H,16,17). The molecule has 0 atom stereocenters. The second-order valence-electron chi connectivity index (χ2n) is 3.74. The van der Waals surface area contributed by atoms with Crippen LogP contribution in [-0.2, 0) is 6.42 Å². The molecular formula is C13H11Cl2NO2. The molecule has 0 aliphatic rings. The molecule has 0 radical (unpaired) electrons. The fourth-order valence-corrected chi connectivity index (χ4v) is 1.85. The molecule has 0 aliphatic heterocycles. The summed E-state index contributed by atoms with van der Waals surface area (Å²) < 4.78 is 4.85. The molecule has 0 saturated heterocycles. The van der Waals surface area contributed by atoms with Crippen LogP contribution in [0.5, 0.6) is 0 Å². The molecule has 94 valence electrons. The van der Waals surface area contributed by atoms with Gasteiger partial charge in [0.15, 0.2) is 0 Å². The van der Waals surface area contributed by atoms with Gasteiger partial charge in [0.25, 0.3) is 5.91 Å². The lowest BCUT2D eigenvalue weighted by atomic mass is 10.1. The molecule has 1 N–H and O–H groups in total. The van der Waals surface area contributed by atoms with E-state index in [-0.39, 0.29) is 11.1 Å². The molecule has 0 spiro atoms. The Labute approximate surface area is 115 Å². The number of carbonyl (C=O) groups excluding carboxylic acids is 1. The van der Waals surface area contributed by atoms with Crippen LogP contribution in [0.2, 0.25) is 10.2 Å². The van der Waals surface area contributed by atoms with Crippen molar-refractivity contribution >= 4 is 29.1 Å². The molecule has 0 aliphatic carbocycles. The summed E-state index contributed by atoms with van der Waals surface area (Å²) in [6.07, 6.45) is 2.12. The molecule has 1 heterocycles. The molecule has 1 aromatic heterocycles. The van der Waals surface area contributed by atoms with E-state index in [1.807, 2.05) is 24.3 Å². The quantitative estimate of drug-likeness (QED) is 0.932. The lowest BCUT2D eigenvalue weighted by Gasteiger charge is -2.04. The molecule has 0 fully saturated rings. The van der Waals surface area contributed by atoms with Crippen LogP contribution < -0.4 is 5.32 Å². The molecule has 2 rings (SSSR count). The second kappa shape index (κ2) is 5.94. The maximum atomic E-state index is 11.7. The van der Waals surface area contributed by atoms with Gasteiger partial charge in [-0.1, -0.05) is 23.7 Å². The average Bonchev–Trinajstić information content (AvgIpc) is 2.78. The minimum atomic E-state index is -0.234. The summed E-state index contributed by atoms with van der Waals surface area (Å²) in [7, 11) is 0. The minimum absolute atomic E-state index is 0.110. The van der Waals surface area contributed by atoms with E-state index in [1.165, 1.54) is 6.26 Å². The lowest BCUT2D eigenvalue weighted by Crippen LogP contribution is -2.25. The molecule has 3 nitrogen and oxygen atoms in total. The van der Waals surface area contributed by atoms with Crippen LogP contribution in [0.15, 0.2) is 41.0 Å². The summed E-state index contributed by atoms with van der Waals surface area (Å²) >= 11 is 11.5. The molecule has 1 amide bonds.